The zero-order valence-electron chi connectivity index (χ0n) is 12.8. The molecule has 1 heteroatoms. The Morgan fingerprint density at radius 3 is 2.27 bits per heavy atom. The Kier molecular flexibility index (Phi) is 2.90. The van der Waals surface area contributed by atoms with Crippen LogP contribution in [0.15, 0.2) is 54.6 Å². The molecule has 0 fully saturated rings. The summed E-state index contributed by atoms with van der Waals surface area (Å²) in [6.07, 6.45) is 0.885. The number of halogens is 1. The minimum Gasteiger partial charge on any atom is -0.206 e. The van der Waals surface area contributed by atoms with Gasteiger partial charge in [0, 0.05) is 5.56 Å². The van der Waals surface area contributed by atoms with E-state index in [2.05, 4.69) is 44.2 Å². The second-order valence-corrected chi connectivity index (χ2v) is 6.03. The summed E-state index contributed by atoms with van der Waals surface area (Å²) in [5, 5.41) is 0. The molecule has 0 unspecified atom stereocenters. The zero-order chi connectivity index (χ0) is 15.3. The summed E-state index contributed by atoms with van der Waals surface area (Å²) in [5.74, 6) is -0.144. The average molecular weight is 288 g/mol. The van der Waals surface area contributed by atoms with Crippen LogP contribution in [0.1, 0.15) is 22.3 Å². The summed E-state index contributed by atoms with van der Waals surface area (Å²) in [6.45, 7) is 4.21. The summed E-state index contributed by atoms with van der Waals surface area (Å²) in [7, 11) is 0. The third-order valence-electron chi connectivity index (χ3n) is 4.77. The summed E-state index contributed by atoms with van der Waals surface area (Å²) < 4.78 is 14.4. The van der Waals surface area contributed by atoms with Crippen LogP contribution in [-0.2, 0) is 6.42 Å². The topological polar surface area (TPSA) is 0 Å². The molecule has 0 aliphatic heterocycles. The fourth-order valence-corrected chi connectivity index (χ4v) is 3.55. The number of hydrogen-bond acceptors (Lipinski definition) is 0. The summed E-state index contributed by atoms with van der Waals surface area (Å²) >= 11 is 0. The first kappa shape index (κ1) is 13.3. The normalized spacial score (nSPS) is 12.1. The first-order chi connectivity index (χ1) is 10.7. The molecular formula is C21H17F. The van der Waals surface area contributed by atoms with Crippen molar-refractivity contribution in [2.45, 2.75) is 20.3 Å². The van der Waals surface area contributed by atoms with Gasteiger partial charge in [0.25, 0.3) is 0 Å². The summed E-state index contributed by atoms with van der Waals surface area (Å²) in [4.78, 5) is 0. The highest BCUT2D eigenvalue weighted by Gasteiger charge is 2.24. The van der Waals surface area contributed by atoms with E-state index in [1.165, 1.54) is 33.4 Å². The molecule has 108 valence electrons. The highest BCUT2D eigenvalue weighted by Crippen LogP contribution is 2.44. The maximum Gasteiger partial charge on any atom is 0.131 e. The standard InChI is InChI=1S/C21H17F/c1-13-11-18-16-8-4-3-7-15(16)12-19(18)21(14(13)2)17-9-5-6-10-20(17)22/h3-11H,12H2,1-2H3. The Bertz CT molecular complexity index is 890. The van der Waals surface area contributed by atoms with E-state index in [1.54, 1.807) is 12.1 Å². The van der Waals surface area contributed by atoms with E-state index in [9.17, 15) is 4.39 Å². The van der Waals surface area contributed by atoms with E-state index in [-0.39, 0.29) is 5.82 Å². The molecular weight excluding hydrogens is 271 g/mol. The maximum absolute atomic E-state index is 14.4. The van der Waals surface area contributed by atoms with Crippen molar-refractivity contribution in [3.63, 3.8) is 0 Å². The second kappa shape index (κ2) is 4.81. The Morgan fingerprint density at radius 1 is 0.818 bits per heavy atom. The molecule has 0 N–H and O–H groups in total. The van der Waals surface area contributed by atoms with Gasteiger partial charge in [-0.3, -0.25) is 0 Å². The van der Waals surface area contributed by atoms with Crippen LogP contribution in [0.25, 0.3) is 22.3 Å². The first-order valence-electron chi connectivity index (χ1n) is 7.63. The molecule has 4 rings (SSSR count). The van der Waals surface area contributed by atoms with Crippen LogP contribution in [0.2, 0.25) is 0 Å². The van der Waals surface area contributed by atoms with Crippen molar-refractivity contribution in [2.24, 2.45) is 0 Å². The Hall–Kier alpha value is -2.41. The lowest BCUT2D eigenvalue weighted by molar-refractivity contribution is 0.631. The minimum absolute atomic E-state index is 0.144. The molecule has 0 atom stereocenters. The molecule has 3 aromatic rings. The van der Waals surface area contributed by atoms with Gasteiger partial charge < -0.3 is 0 Å². The summed E-state index contributed by atoms with van der Waals surface area (Å²) in [5.41, 5.74) is 9.33. The number of aryl methyl sites for hydroxylation is 1. The minimum atomic E-state index is -0.144. The van der Waals surface area contributed by atoms with Crippen molar-refractivity contribution in [2.75, 3.05) is 0 Å². The quantitative estimate of drug-likeness (QED) is 0.422. The summed E-state index contributed by atoms with van der Waals surface area (Å²) in [6, 6.07) is 17.8. The molecule has 0 saturated heterocycles. The van der Waals surface area contributed by atoms with Crippen LogP contribution in [0.3, 0.4) is 0 Å². The lowest BCUT2D eigenvalue weighted by Gasteiger charge is -2.16. The molecule has 0 saturated carbocycles. The maximum atomic E-state index is 14.4. The van der Waals surface area contributed by atoms with Crippen LogP contribution in [0, 0.1) is 19.7 Å². The molecule has 0 heterocycles. The Morgan fingerprint density at radius 2 is 1.50 bits per heavy atom. The van der Waals surface area contributed by atoms with Gasteiger partial charge in [0.2, 0.25) is 0 Å². The molecule has 22 heavy (non-hydrogen) atoms. The van der Waals surface area contributed by atoms with Gasteiger partial charge in [0.15, 0.2) is 0 Å². The fraction of sp³-hybridized carbons (Fsp3) is 0.143. The van der Waals surface area contributed by atoms with Crippen molar-refractivity contribution >= 4 is 0 Å². The van der Waals surface area contributed by atoms with Gasteiger partial charge in [-0.15, -0.1) is 0 Å². The molecule has 0 amide bonds. The van der Waals surface area contributed by atoms with E-state index < -0.39 is 0 Å². The third kappa shape index (κ3) is 1.82. The predicted molar refractivity (Wildman–Crippen MR) is 89.6 cm³/mol. The molecule has 1 aliphatic rings. The fourth-order valence-electron chi connectivity index (χ4n) is 3.55. The average Bonchev–Trinajstić information content (AvgIpc) is 2.88. The first-order valence-corrected chi connectivity index (χ1v) is 7.63. The van der Waals surface area contributed by atoms with Gasteiger partial charge in [-0.1, -0.05) is 48.5 Å². The van der Waals surface area contributed by atoms with Crippen LogP contribution >= 0.6 is 0 Å². The highest BCUT2D eigenvalue weighted by atomic mass is 19.1. The molecule has 0 bridgehead atoms. The number of hydrogen-bond donors (Lipinski definition) is 0. The Balaban J connectivity index is 2.06. The van der Waals surface area contributed by atoms with Crippen molar-refractivity contribution in [1.29, 1.82) is 0 Å². The van der Waals surface area contributed by atoms with Crippen molar-refractivity contribution in [3.05, 3.63) is 82.7 Å². The van der Waals surface area contributed by atoms with Crippen molar-refractivity contribution in [1.82, 2.24) is 0 Å². The van der Waals surface area contributed by atoms with Gasteiger partial charge in [0.1, 0.15) is 5.82 Å². The van der Waals surface area contributed by atoms with E-state index >= 15 is 0 Å². The van der Waals surface area contributed by atoms with E-state index in [4.69, 9.17) is 0 Å². The third-order valence-corrected chi connectivity index (χ3v) is 4.77. The van der Waals surface area contributed by atoms with Crippen LogP contribution in [-0.4, -0.2) is 0 Å². The van der Waals surface area contributed by atoms with Crippen molar-refractivity contribution in [3.8, 4) is 22.3 Å². The van der Waals surface area contributed by atoms with Crippen LogP contribution in [0.5, 0.6) is 0 Å². The predicted octanol–water partition coefficient (Wildman–Crippen LogP) is 5.68. The van der Waals surface area contributed by atoms with Gasteiger partial charge in [-0.25, -0.2) is 4.39 Å². The van der Waals surface area contributed by atoms with Gasteiger partial charge in [-0.05, 0) is 65.3 Å². The van der Waals surface area contributed by atoms with Crippen LogP contribution < -0.4 is 0 Å². The van der Waals surface area contributed by atoms with Crippen molar-refractivity contribution < 1.29 is 4.39 Å². The van der Waals surface area contributed by atoms with E-state index in [0.29, 0.717) is 5.56 Å². The molecule has 0 radical (unpaired) electrons. The number of fused-ring (bicyclic) bond motifs is 3. The number of benzene rings is 3. The van der Waals surface area contributed by atoms with E-state index in [1.807, 2.05) is 12.1 Å². The Labute approximate surface area is 130 Å². The molecule has 0 spiro atoms. The molecule has 0 nitrogen and oxygen atoms in total. The largest absolute Gasteiger partial charge is 0.206 e. The monoisotopic (exact) mass is 288 g/mol. The lowest BCUT2D eigenvalue weighted by atomic mass is 9.88. The second-order valence-electron chi connectivity index (χ2n) is 6.03. The van der Waals surface area contributed by atoms with Gasteiger partial charge in [0.05, 0.1) is 0 Å². The molecule has 3 aromatic carbocycles. The molecule has 0 aromatic heterocycles. The highest BCUT2D eigenvalue weighted by molar-refractivity contribution is 5.87. The van der Waals surface area contributed by atoms with Crippen LogP contribution in [0.4, 0.5) is 4.39 Å². The van der Waals surface area contributed by atoms with Gasteiger partial charge >= 0.3 is 0 Å². The smallest absolute Gasteiger partial charge is 0.131 e. The SMILES string of the molecule is Cc1cc2c(c(-c3ccccc3F)c1C)Cc1ccccc1-2. The lowest BCUT2D eigenvalue weighted by Crippen LogP contribution is -1.97. The molecule has 1 aliphatic carbocycles. The number of rotatable bonds is 1. The van der Waals surface area contributed by atoms with E-state index in [0.717, 1.165) is 12.0 Å². The zero-order valence-corrected chi connectivity index (χ0v) is 12.8. The van der Waals surface area contributed by atoms with Gasteiger partial charge in [-0.2, -0.15) is 0 Å².